The molecule has 1 heterocycles. The second-order valence-corrected chi connectivity index (χ2v) is 13.6. The number of benzene rings is 3. The topological polar surface area (TPSA) is 56.5 Å². The van der Waals surface area contributed by atoms with Crippen LogP contribution >= 0.6 is 79.6 Å². The number of aromatic nitrogens is 2. The molecular formula is C28H22Br5N3O2. The van der Waals surface area contributed by atoms with Crippen LogP contribution in [-0.2, 0) is 6.61 Å². The predicted octanol–water partition coefficient (Wildman–Crippen LogP) is 9.72. The Balaban J connectivity index is 1.47. The zero-order chi connectivity index (χ0) is 26.8. The maximum absolute atomic E-state index is 13.6. The van der Waals surface area contributed by atoms with Gasteiger partial charge in [-0.2, -0.15) is 9.78 Å². The molecule has 1 aromatic heterocycles. The maximum Gasteiger partial charge on any atom is 0.282 e. The van der Waals surface area contributed by atoms with E-state index in [4.69, 9.17) is 9.72 Å². The van der Waals surface area contributed by atoms with Crippen molar-refractivity contribution in [1.82, 2.24) is 9.66 Å². The van der Waals surface area contributed by atoms with E-state index in [-0.39, 0.29) is 11.5 Å². The monoisotopic (exact) mass is 827 g/mol. The van der Waals surface area contributed by atoms with Crippen LogP contribution < -0.4 is 10.3 Å². The predicted molar refractivity (Wildman–Crippen MR) is 171 cm³/mol. The highest BCUT2D eigenvalue weighted by molar-refractivity contribution is 9.11. The van der Waals surface area contributed by atoms with Crippen molar-refractivity contribution in [3.8, 4) is 5.75 Å². The Bertz CT molecular complexity index is 1570. The Kier molecular flexibility index (Phi) is 9.25. The van der Waals surface area contributed by atoms with Gasteiger partial charge in [0.15, 0.2) is 0 Å². The fraction of sp³-hybridized carbons (Fsp3) is 0.250. The second-order valence-electron chi connectivity index (χ2n) is 9.17. The van der Waals surface area contributed by atoms with Crippen LogP contribution in [0.2, 0.25) is 0 Å². The summed E-state index contributed by atoms with van der Waals surface area (Å²) in [6, 6.07) is 15.5. The van der Waals surface area contributed by atoms with E-state index in [0.29, 0.717) is 23.3 Å². The molecule has 196 valence electrons. The van der Waals surface area contributed by atoms with E-state index in [1.165, 1.54) is 11.1 Å². The van der Waals surface area contributed by atoms with Gasteiger partial charge in [-0.3, -0.25) is 4.79 Å². The minimum absolute atomic E-state index is 0.161. The van der Waals surface area contributed by atoms with Gasteiger partial charge in [-0.25, -0.2) is 4.98 Å². The van der Waals surface area contributed by atoms with Gasteiger partial charge in [-0.15, -0.1) is 0 Å². The number of rotatable bonds is 6. The normalized spacial score (nSPS) is 14.4. The Labute approximate surface area is 262 Å². The van der Waals surface area contributed by atoms with Crippen molar-refractivity contribution >= 4 is 96.8 Å². The third kappa shape index (κ3) is 6.35. The summed E-state index contributed by atoms with van der Waals surface area (Å²) in [5, 5.41) is 5.21. The summed E-state index contributed by atoms with van der Waals surface area (Å²) in [7, 11) is 0. The average Bonchev–Trinajstić information content (AvgIpc) is 2.89. The fourth-order valence-electron chi connectivity index (χ4n) is 4.61. The molecule has 0 amide bonds. The average molecular weight is 832 g/mol. The Hall–Kier alpha value is -1.33. The van der Waals surface area contributed by atoms with Crippen molar-refractivity contribution in [2.75, 3.05) is 0 Å². The van der Waals surface area contributed by atoms with Crippen molar-refractivity contribution in [3.63, 3.8) is 0 Å². The molecule has 0 unspecified atom stereocenters. The summed E-state index contributed by atoms with van der Waals surface area (Å²) < 4.78 is 12.0. The largest absolute Gasteiger partial charge is 0.486 e. The van der Waals surface area contributed by atoms with Crippen LogP contribution in [0.15, 0.2) is 80.8 Å². The Morgan fingerprint density at radius 1 is 0.895 bits per heavy atom. The van der Waals surface area contributed by atoms with Crippen molar-refractivity contribution in [2.45, 2.75) is 44.6 Å². The summed E-state index contributed by atoms with van der Waals surface area (Å²) in [5.41, 5.74) is 2.39. The van der Waals surface area contributed by atoms with Gasteiger partial charge in [0.1, 0.15) is 18.2 Å². The third-order valence-corrected chi connectivity index (χ3v) is 9.44. The number of nitrogens with zero attached hydrogens (tertiary/aromatic N) is 3. The molecule has 1 aliphatic rings. The van der Waals surface area contributed by atoms with E-state index >= 15 is 0 Å². The first kappa shape index (κ1) is 28.2. The van der Waals surface area contributed by atoms with Gasteiger partial charge in [0.05, 0.1) is 26.1 Å². The molecule has 0 N–H and O–H groups in total. The summed E-state index contributed by atoms with van der Waals surface area (Å²) in [4.78, 5) is 18.5. The molecule has 38 heavy (non-hydrogen) atoms. The molecule has 4 aromatic rings. The summed E-state index contributed by atoms with van der Waals surface area (Å²) in [5.74, 6) is 1.64. The van der Waals surface area contributed by atoms with Gasteiger partial charge >= 0.3 is 0 Å². The van der Waals surface area contributed by atoms with Crippen molar-refractivity contribution in [2.24, 2.45) is 5.10 Å². The second kappa shape index (κ2) is 12.5. The number of halogens is 5. The van der Waals surface area contributed by atoms with Crippen LogP contribution in [-0.4, -0.2) is 15.9 Å². The number of hydrogen-bond donors (Lipinski definition) is 0. The van der Waals surface area contributed by atoms with Crippen molar-refractivity contribution in [3.05, 3.63) is 98.2 Å². The van der Waals surface area contributed by atoms with E-state index in [2.05, 4.69) is 84.8 Å². The van der Waals surface area contributed by atoms with Crippen LogP contribution in [0.5, 0.6) is 5.75 Å². The molecule has 5 nitrogen and oxygen atoms in total. The van der Waals surface area contributed by atoms with Gasteiger partial charge < -0.3 is 4.74 Å². The Morgan fingerprint density at radius 3 is 2.29 bits per heavy atom. The van der Waals surface area contributed by atoms with Gasteiger partial charge in [0.2, 0.25) is 0 Å². The van der Waals surface area contributed by atoms with Crippen LogP contribution in [0, 0.1) is 0 Å². The lowest BCUT2D eigenvalue weighted by Crippen LogP contribution is -2.25. The standard InChI is InChI=1S/C28H22Br5N3O2/c29-19-8-9-25-21(12-19)28(37)36(27(35-25)17-4-2-1-3-5-17)34-14-16-10-23(32)26(24(33)11-16)38-15-18-6-7-20(30)13-22(18)31/h6-14,17H,1-5,15H2. The lowest BCUT2D eigenvalue weighted by atomic mass is 9.88. The van der Waals surface area contributed by atoms with E-state index in [0.717, 1.165) is 65.0 Å². The van der Waals surface area contributed by atoms with E-state index in [1.54, 1.807) is 6.21 Å². The highest BCUT2D eigenvalue weighted by Crippen LogP contribution is 2.36. The molecule has 0 bridgehead atoms. The quantitative estimate of drug-likeness (QED) is 0.182. The molecule has 1 saturated carbocycles. The molecule has 0 saturated heterocycles. The van der Waals surface area contributed by atoms with E-state index < -0.39 is 0 Å². The third-order valence-electron chi connectivity index (χ3n) is 6.53. The zero-order valence-electron chi connectivity index (χ0n) is 20.1. The smallest absolute Gasteiger partial charge is 0.282 e. The van der Waals surface area contributed by atoms with Crippen LogP contribution in [0.4, 0.5) is 0 Å². The van der Waals surface area contributed by atoms with Crippen molar-refractivity contribution in [1.29, 1.82) is 0 Å². The highest BCUT2D eigenvalue weighted by atomic mass is 79.9. The molecule has 0 aliphatic heterocycles. The molecule has 1 aliphatic carbocycles. The minimum Gasteiger partial charge on any atom is -0.486 e. The van der Waals surface area contributed by atoms with Crippen LogP contribution in [0.1, 0.15) is 55.0 Å². The first-order chi connectivity index (χ1) is 18.3. The molecule has 10 heteroatoms. The molecule has 1 fully saturated rings. The number of fused-ring (bicyclic) bond motifs is 1. The summed E-state index contributed by atoms with van der Waals surface area (Å²) in [6.07, 6.45) is 7.23. The lowest BCUT2D eigenvalue weighted by Gasteiger charge is -2.22. The minimum atomic E-state index is -0.161. The van der Waals surface area contributed by atoms with Gasteiger partial charge in [-0.05, 0) is 92.7 Å². The van der Waals surface area contributed by atoms with E-state index in [1.807, 2.05) is 48.5 Å². The molecular weight excluding hydrogens is 810 g/mol. The SMILES string of the molecule is O=c1c2cc(Br)ccc2nc(C2CCCCC2)n1N=Cc1cc(Br)c(OCc2ccc(Br)cc2Br)c(Br)c1. The number of hydrogen-bond acceptors (Lipinski definition) is 4. The first-order valence-electron chi connectivity index (χ1n) is 12.1. The first-order valence-corrected chi connectivity index (χ1v) is 16.1. The van der Waals surface area contributed by atoms with Gasteiger partial charge in [0, 0.05) is 24.9 Å². The number of ether oxygens (including phenoxy) is 1. The van der Waals surface area contributed by atoms with Gasteiger partial charge in [0.25, 0.3) is 5.56 Å². The fourth-order valence-corrected chi connectivity index (χ4v) is 7.58. The molecule has 0 radical (unpaired) electrons. The van der Waals surface area contributed by atoms with Gasteiger partial charge in [-0.1, -0.05) is 73.1 Å². The molecule has 3 aromatic carbocycles. The van der Waals surface area contributed by atoms with Crippen LogP contribution in [0.3, 0.4) is 0 Å². The summed E-state index contributed by atoms with van der Waals surface area (Å²) in [6.45, 7) is 0.400. The maximum atomic E-state index is 13.6. The Morgan fingerprint density at radius 2 is 1.58 bits per heavy atom. The van der Waals surface area contributed by atoms with E-state index in [9.17, 15) is 4.79 Å². The highest BCUT2D eigenvalue weighted by Gasteiger charge is 2.22. The van der Waals surface area contributed by atoms with Crippen molar-refractivity contribution < 1.29 is 4.74 Å². The molecule has 0 atom stereocenters. The molecule has 0 spiro atoms. The lowest BCUT2D eigenvalue weighted by molar-refractivity contribution is 0.301. The van der Waals surface area contributed by atoms with Crippen LogP contribution in [0.25, 0.3) is 10.9 Å². The molecule has 5 rings (SSSR count). The zero-order valence-corrected chi connectivity index (χ0v) is 28.0. The summed E-state index contributed by atoms with van der Waals surface area (Å²) >= 11 is 17.8.